The second kappa shape index (κ2) is 9.14. The van der Waals surface area contributed by atoms with Gasteiger partial charge >= 0.3 is 5.97 Å². The maximum absolute atomic E-state index is 12.6. The number of esters is 1. The molecule has 0 bridgehead atoms. The molecular weight excluding hydrogens is 380 g/mol. The molecule has 0 spiro atoms. The quantitative estimate of drug-likeness (QED) is 0.406. The van der Waals surface area contributed by atoms with Crippen LogP contribution >= 0.6 is 11.8 Å². The number of para-hydroxylation sites is 1. The lowest BCUT2D eigenvalue weighted by Crippen LogP contribution is -2.74. The molecular formula is C20H24N2O5S. The van der Waals surface area contributed by atoms with Crippen molar-refractivity contribution in [3.05, 3.63) is 41.3 Å². The van der Waals surface area contributed by atoms with E-state index >= 15 is 0 Å². The third kappa shape index (κ3) is 4.32. The maximum atomic E-state index is 12.6. The van der Waals surface area contributed by atoms with E-state index in [4.69, 9.17) is 9.47 Å². The summed E-state index contributed by atoms with van der Waals surface area (Å²) in [6, 6.07) is 7.59. The Labute approximate surface area is 168 Å². The molecule has 1 unspecified atom stereocenters. The Morgan fingerprint density at radius 3 is 2.71 bits per heavy atom. The van der Waals surface area contributed by atoms with Crippen LogP contribution in [-0.4, -0.2) is 53.4 Å². The van der Waals surface area contributed by atoms with Gasteiger partial charge < -0.3 is 19.7 Å². The van der Waals surface area contributed by atoms with Crippen molar-refractivity contribution in [3.8, 4) is 5.75 Å². The minimum atomic E-state index is -0.718. The van der Waals surface area contributed by atoms with Crippen molar-refractivity contribution in [1.82, 2.24) is 10.2 Å². The predicted octanol–water partition coefficient (Wildman–Crippen LogP) is 2.08. The van der Waals surface area contributed by atoms with Gasteiger partial charge in [0, 0.05) is 0 Å². The van der Waals surface area contributed by atoms with Gasteiger partial charge in [-0.1, -0.05) is 31.5 Å². The summed E-state index contributed by atoms with van der Waals surface area (Å²) in [5.41, 5.74) is 0.772. The number of ether oxygens (including phenoxy) is 2. The molecule has 1 fully saturated rings. The van der Waals surface area contributed by atoms with Crippen LogP contribution in [0.5, 0.6) is 5.75 Å². The van der Waals surface area contributed by atoms with Gasteiger partial charge in [0.2, 0.25) is 5.91 Å². The van der Waals surface area contributed by atoms with E-state index in [1.807, 2.05) is 37.5 Å². The Balaban J connectivity index is 1.56. The lowest BCUT2D eigenvalue weighted by atomic mass is 9.99. The van der Waals surface area contributed by atoms with E-state index in [2.05, 4.69) is 5.32 Å². The van der Waals surface area contributed by atoms with Crippen LogP contribution in [0.25, 0.3) is 0 Å². The average Bonchev–Trinajstić information content (AvgIpc) is 2.71. The highest BCUT2D eigenvalue weighted by Crippen LogP contribution is 2.40. The SMILES string of the molecule is CCCCOC(=O)C1C(C)=CS[C@@H]2[C@H](NC(=O)COc3ccccc3)C(=O)N12. The van der Waals surface area contributed by atoms with Gasteiger partial charge in [0.25, 0.3) is 5.91 Å². The minimum Gasteiger partial charge on any atom is -0.484 e. The van der Waals surface area contributed by atoms with Crippen molar-refractivity contribution in [3.63, 3.8) is 0 Å². The van der Waals surface area contributed by atoms with Crippen molar-refractivity contribution in [2.75, 3.05) is 13.2 Å². The molecule has 7 nitrogen and oxygen atoms in total. The Hall–Kier alpha value is -2.48. The number of fused-ring (bicyclic) bond motifs is 1. The summed E-state index contributed by atoms with van der Waals surface area (Å²) in [4.78, 5) is 38.7. The van der Waals surface area contributed by atoms with Crippen LogP contribution in [0.1, 0.15) is 26.7 Å². The molecule has 3 atom stereocenters. The molecule has 1 saturated heterocycles. The first-order chi connectivity index (χ1) is 13.5. The zero-order valence-electron chi connectivity index (χ0n) is 15.9. The molecule has 2 aliphatic heterocycles. The van der Waals surface area contributed by atoms with Crippen LogP contribution in [0.4, 0.5) is 0 Å². The summed E-state index contributed by atoms with van der Waals surface area (Å²) in [6.07, 6.45) is 1.71. The highest BCUT2D eigenvalue weighted by molar-refractivity contribution is 8.02. The Morgan fingerprint density at radius 1 is 1.25 bits per heavy atom. The van der Waals surface area contributed by atoms with E-state index in [0.29, 0.717) is 12.4 Å². The average molecular weight is 404 g/mol. The number of carbonyl (C=O) groups excluding carboxylic acids is 3. The van der Waals surface area contributed by atoms with Gasteiger partial charge in [-0.05, 0) is 36.5 Å². The maximum Gasteiger partial charge on any atom is 0.333 e. The summed E-state index contributed by atoms with van der Waals surface area (Å²) in [5, 5.41) is 4.25. The topological polar surface area (TPSA) is 84.9 Å². The fourth-order valence-corrected chi connectivity index (χ4v) is 4.26. The van der Waals surface area contributed by atoms with E-state index in [1.54, 1.807) is 12.1 Å². The number of thioether (sulfide) groups is 1. The van der Waals surface area contributed by atoms with Crippen LogP contribution in [0.3, 0.4) is 0 Å². The van der Waals surface area contributed by atoms with E-state index in [0.717, 1.165) is 18.4 Å². The lowest BCUT2D eigenvalue weighted by molar-refractivity contribution is -0.163. The number of amides is 2. The molecule has 2 aliphatic rings. The van der Waals surface area contributed by atoms with Gasteiger partial charge in [-0.25, -0.2) is 4.79 Å². The monoisotopic (exact) mass is 404 g/mol. The molecule has 8 heteroatoms. The van der Waals surface area contributed by atoms with Gasteiger partial charge in [0.1, 0.15) is 17.2 Å². The zero-order valence-corrected chi connectivity index (χ0v) is 16.7. The molecule has 0 radical (unpaired) electrons. The van der Waals surface area contributed by atoms with Gasteiger partial charge in [0.15, 0.2) is 12.6 Å². The third-order valence-corrected chi connectivity index (χ3v) is 5.86. The van der Waals surface area contributed by atoms with Crippen molar-refractivity contribution in [2.45, 2.75) is 44.1 Å². The van der Waals surface area contributed by atoms with E-state index in [1.165, 1.54) is 16.7 Å². The van der Waals surface area contributed by atoms with Crippen LogP contribution in [-0.2, 0) is 19.1 Å². The minimum absolute atomic E-state index is 0.178. The Kier molecular flexibility index (Phi) is 6.61. The number of nitrogens with one attached hydrogen (secondary N) is 1. The number of benzene rings is 1. The van der Waals surface area contributed by atoms with E-state index in [-0.39, 0.29) is 23.8 Å². The molecule has 1 aromatic rings. The summed E-state index contributed by atoms with van der Waals surface area (Å²) in [6.45, 7) is 3.99. The van der Waals surface area contributed by atoms with Gasteiger partial charge in [0.05, 0.1) is 6.61 Å². The summed E-state index contributed by atoms with van der Waals surface area (Å²) in [5.74, 6) is -0.496. The number of hydrogen-bond donors (Lipinski definition) is 1. The molecule has 1 N–H and O–H groups in total. The number of β-lactam (4-membered cyclic amide) rings is 1. The Bertz CT molecular complexity index is 767. The van der Waals surface area contributed by atoms with E-state index in [9.17, 15) is 14.4 Å². The molecule has 0 aliphatic carbocycles. The highest BCUT2D eigenvalue weighted by atomic mass is 32.2. The number of hydrogen-bond acceptors (Lipinski definition) is 6. The summed E-state index contributed by atoms with van der Waals surface area (Å²) >= 11 is 1.42. The van der Waals surface area contributed by atoms with Crippen molar-refractivity contribution >= 4 is 29.5 Å². The molecule has 2 amide bonds. The largest absolute Gasteiger partial charge is 0.484 e. The van der Waals surface area contributed by atoms with E-state index < -0.39 is 18.1 Å². The molecule has 0 saturated carbocycles. The smallest absolute Gasteiger partial charge is 0.333 e. The molecule has 28 heavy (non-hydrogen) atoms. The fraction of sp³-hybridized carbons (Fsp3) is 0.450. The molecule has 0 aromatic heterocycles. The second-order valence-electron chi connectivity index (χ2n) is 6.70. The summed E-state index contributed by atoms with van der Waals surface area (Å²) < 4.78 is 10.7. The van der Waals surface area contributed by atoms with Crippen molar-refractivity contribution in [2.24, 2.45) is 0 Å². The first-order valence-corrected chi connectivity index (χ1v) is 10.3. The standard InChI is InChI=1S/C20H24N2O5S/c1-3-4-10-26-20(25)17-13(2)12-28-19-16(18(24)22(17)19)21-15(23)11-27-14-8-6-5-7-9-14/h5-9,12,16-17,19H,3-4,10-11H2,1-2H3,(H,21,23)/t16-,17?,19-/m1/s1. The first kappa shape index (κ1) is 20.3. The second-order valence-corrected chi connectivity index (χ2v) is 7.70. The number of carbonyl (C=O) groups is 3. The van der Waals surface area contributed by atoms with Crippen LogP contribution < -0.4 is 10.1 Å². The van der Waals surface area contributed by atoms with Crippen LogP contribution in [0.2, 0.25) is 0 Å². The molecule has 1 aromatic carbocycles. The lowest BCUT2D eigenvalue weighted by Gasteiger charge is -2.51. The number of unbranched alkanes of at least 4 members (excludes halogenated alkanes) is 1. The molecule has 2 heterocycles. The Morgan fingerprint density at radius 2 is 2.00 bits per heavy atom. The van der Waals surface area contributed by atoms with Crippen LogP contribution in [0, 0.1) is 0 Å². The fourth-order valence-electron chi connectivity index (χ4n) is 3.07. The van der Waals surface area contributed by atoms with Gasteiger partial charge in [-0.3, -0.25) is 9.59 Å². The van der Waals surface area contributed by atoms with Crippen molar-refractivity contribution in [1.29, 1.82) is 0 Å². The molecule has 3 rings (SSSR count). The number of rotatable bonds is 8. The first-order valence-electron chi connectivity index (χ1n) is 9.31. The summed E-state index contributed by atoms with van der Waals surface area (Å²) in [7, 11) is 0. The third-order valence-electron chi connectivity index (χ3n) is 4.58. The van der Waals surface area contributed by atoms with Crippen LogP contribution in [0.15, 0.2) is 41.3 Å². The van der Waals surface area contributed by atoms with Crippen molar-refractivity contribution < 1.29 is 23.9 Å². The van der Waals surface area contributed by atoms with Gasteiger partial charge in [-0.2, -0.15) is 0 Å². The normalized spacial score (nSPS) is 23.2. The number of nitrogens with zero attached hydrogens (tertiary/aromatic N) is 1. The van der Waals surface area contributed by atoms with Gasteiger partial charge in [-0.15, -0.1) is 11.8 Å². The zero-order chi connectivity index (χ0) is 20.1. The highest BCUT2D eigenvalue weighted by Gasteiger charge is 2.55. The molecule has 150 valence electrons. The predicted molar refractivity (Wildman–Crippen MR) is 106 cm³/mol.